The normalized spacial score (nSPS) is 10.3. The molecular weight excluding hydrogens is 333 g/mol. The number of amides is 1. The Bertz CT molecular complexity index is 645. The lowest BCUT2D eigenvalue weighted by Crippen LogP contribution is -2.12. The molecule has 2 aromatic rings. The lowest BCUT2D eigenvalue weighted by atomic mass is 10.2. The van der Waals surface area contributed by atoms with Crippen molar-refractivity contribution in [2.75, 3.05) is 5.32 Å². The number of anilines is 1. The predicted molar refractivity (Wildman–Crippen MR) is 78.2 cm³/mol. The Morgan fingerprint density at radius 3 is 2.68 bits per heavy atom. The fourth-order valence-electron chi connectivity index (χ4n) is 1.57. The minimum Gasteiger partial charge on any atom is -0.321 e. The van der Waals surface area contributed by atoms with Crippen LogP contribution in [0.1, 0.15) is 15.9 Å². The van der Waals surface area contributed by atoms with Crippen LogP contribution in [-0.2, 0) is 0 Å². The maximum atomic E-state index is 13.1. The summed E-state index contributed by atoms with van der Waals surface area (Å²) >= 11 is 9.05. The number of carbonyl (C=O) groups is 1. The van der Waals surface area contributed by atoms with Crippen LogP contribution in [0.5, 0.6) is 0 Å². The SMILES string of the molecule is Cc1ccc(Cl)c(NC(=O)c2ccc(F)c(Br)c2)c1. The zero-order valence-corrected chi connectivity index (χ0v) is 12.3. The summed E-state index contributed by atoms with van der Waals surface area (Å²) in [7, 11) is 0. The highest BCUT2D eigenvalue weighted by Crippen LogP contribution is 2.24. The summed E-state index contributed by atoms with van der Waals surface area (Å²) in [6, 6.07) is 9.42. The Morgan fingerprint density at radius 2 is 2.00 bits per heavy atom. The molecule has 0 fully saturated rings. The van der Waals surface area contributed by atoms with Crippen molar-refractivity contribution in [1.29, 1.82) is 0 Å². The van der Waals surface area contributed by atoms with Gasteiger partial charge in [0.1, 0.15) is 5.82 Å². The molecule has 5 heteroatoms. The largest absolute Gasteiger partial charge is 0.321 e. The minimum atomic E-state index is -0.412. The van der Waals surface area contributed by atoms with Crippen LogP contribution >= 0.6 is 27.5 Å². The number of aryl methyl sites for hydroxylation is 1. The average molecular weight is 343 g/mol. The number of benzene rings is 2. The highest BCUT2D eigenvalue weighted by atomic mass is 79.9. The monoisotopic (exact) mass is 341 g/mol. The van der Waals surface area contributed by atoms with Crippen molar-refractivity contribution in [2.24, 2.45) is 0 Å². The molecule has 0 aliphatic carbocycles. The second kappa shape index (κ2) is 5.72. The first kappa shape index (κ1) is 14.0. The first-order valence-corrected chi connectivity index (χ1v) is 6.67. The van der Waals surface area contributed by atoms with E-state index in [4.69, 9.17) is 11.6 Å². The van der Waals surface area contributed by atoms with Gasteiger partial charge in [-0.3, -0.25) is 4.79 Å². The van der Waals surface area contributed by atoms with Crippen LogP contribution < -0.4 is 5.32 Å². The van der Waals surface area contributed by atoms with E-state index in [2.05, 4.69) is 21.2 Å². The molecule has 0 aliphatic rings. The maximum absolute atomic E-state index is 13.1. The molecule has 0 saturated heterocycles. The quantitative estimate of drug-likeness (QED) is 0.834. The van der Waals surface area contributed by atoms with Gasteiger partial charge in [0.05, 0.1) is 15.2 Å². The molecule has 0 spiro atoms. The second-order valence-electron chi connectivity index (χ2n) is 4.07. The van der Waals surface area contributed by atoms with Crippen LogP contribution in [0.15, 0.2) is 40.9 Å². The second-order valence-corrected chi connectivity index (χ2v) is 5.33. The molecule has 2 nitrogen and oxygen atoms in total. The highest BCUT2D eigenvalue weighted by Gasteiger charge is 2.10. The van der Waals surface area contributed by atoms with E-state index in [0.717, 1.165) is 5.56 Å². The topological polar surface area (TPSA) is 29.1 Å². The molecule has 2 rings (SSSR count). The van der Waals surface area contributed by atoms with Gasteiger partial charge in [-0.2, -0.15) is 0 Å². The third-order valence-corrected chi connectivity index (χ3v) is 3.49. The fraction of sp³-hybridized carbons (Fsp3) is 0.0714. The molecule has 0 heterocycles. The Kier molecular flexibility index (Phi) is 4.22. The van der Waals surface area contributed by atoms with Crippen molar-refractivity contribution in [3.8, 4) is 0 Å². The summed E-state index contributed by atoms with van der Waals surface area (Å²) in [6.45, 7) is 1.90. The van der Waals surface area contributed by atoms with Crippen LogP contribution in [0.4, 0.5) is 10.1 Å². The van der Waals surface area contributed by atoms with Gasteiger partial charge >= 0.3 is 0 Å². The molecule has 98 valence electrons. The summed E-state index contributed by atoms with van der Waals surface area (Å²) in [5.41, 5.74) is 1.87. The molecule has 1 N–H and O–H groups in total. The van der Waals surface area contributed by atoms with Crippen molar-refractivity contribution >= 4 is 39.1 Å². The first-order valence-electron chi connectivity index (χ1n) is 5.50. The van der Waals surface area contributed by atoms with Crippen LogP contribution in [0.25, 0.3) is 0 Å². The molecule has 0 unspecified atom stereocenters. The van der Waals surface area contributed by atoms with Gasteiger partial charge in [-0.15, -0.1) is 0 Å². The van der Waals surface area contributed by atoms with Crippen molar-refractivity contribution in [2.45, 2.75) is 6.92 Å². The van der Waals surface area contributed by atoms with Gasteiger partial charge in [0.15, 0.2) is 0 Å². The van der Waals surface area contributed by atoms with E-state index >= 15 is 0 Å². The predicted octanol–water partition coefficient (Wildman–Crippen LogP) is 4.80. The van der Waals surface area contributed by atoms with Gasteiger partial charge in [0, 0.05) is 5.56 Å². The van der Waals surface area contributed by atoms with Gasteiger partial charge < -0.3 is 5.32 Å². The Balaban J connectivity index is 2.25. The van der Waals surface area contributed by atoms with E-state index in [1.165, 1.54) is 18.2 Å². The molecule has 0 saturated carbocycles. The third kappa shape index (κ3) is 3.33. The van der Waals surface area contributed by atoms with E-state index in [1.807, 2.05) is 13.0 Å². The van der Waals surface area contributed by atoms with Crippen molar-refractivity contribution in [1.82, 2.24) is 0 Å². The van der Waals surface area contributed by atoms with Crippen molar-refractivity contribution in [3.05, 3.63) is 62.8 Å². The third-order valence-electron chi connectivity index (χ3n) is 2.55. The van der Waals surface area contributed by atoms with Crippen LogP contribution in [0.2, 0.25) is 5.02 Å². The average Bonchev–Trinajstić information content (AvgIpc) is 2.37. The lowest BCUT2D eigenvalue weighted by molar-refractivity contribution is 0.102. The molecule has 0 aromatic heterocycles. The first-order chi connectivity index (χ1) is 8.97. The summed E-state index contributed by atoms with van der Waals surface area (Å²) in [5, 5.41) is 3.16. The number of carbonyl (C=O) groups excluding carboxylic acids is 1. The summed E-state index contributed by atoms with van der Waals surface area (Å²) in [4.78, 5) is 12.0. The van der Waals surface area contributed by atoms with Gasteiger partial charge in [-0.05, 0) is 58.7 Å². The standard InChI is InChI=1S/C14H10BrClFNO/c1-8-2-4-11(16)13(6-8)18-14(19)9-3-5-12(17)10(15)7-9/h2-7H,1H3,(H,18,19). The van der Waals surface area contributed by atoms with E-state index in [0.29, 0.717) is 16.3 Å². The van der Waals surface area contributed by atoms with Gasteiger partial charge in [0.2, 0.25) is 0 Å². The van der Waals surface area contributed by atoms with Crippen LogP contribution in [0.3, 0.4) is 0 Å². The zero-order chi connectivity index (χ0) is 14.0. The van der Waals surface area contributed by atoms with Crippen molar-refractivity contribution in [3.63, 3.8) is 0 Å². The van der Waals surface area contributed by atoms with E-state index in [9.17, 15) is 9.18 Å². The highest BCUT2D eigenvalue weighted by molar-refractivity contribution is 9.10. The van der Waals surface area contributed by atoms with E-state index in [-0.39, 0.29) is 10.4 Å². The smallest absolute Gasteiger partial charge is 0.255 e. The summed E-state index contributed by atoms with van der Waals surface area (Å²) in [5.74, 6) is -0.752. The molecule has 19 heavy (non-hydrogen) atoms. The Labute approximate surface area is 123 Å². The van der Waals surface area contributed by atoms with Crippen LogP contribution in [-0.4, -0.2) is 5.91 Å². The number of rotatable bonds is 2. The molecular formula is C14H10BrClFNO. The molecule has 2 aromatic carbocycles. The Morgan fingerprint density at radius 1 is 1.26 bits per heavy atom. The molecule has 0 bridgehead atoms. The molecule has 0 radical (unpaired) electrons. The number of hydrogen-bond donors (Lipinski definition) is 1. The van der Waals surface area contributed by atoms with Gasteiger partial charge in [-0.1, -0.05) is 17.7 Å². The Hall–Kier alpha value is -1.39. The van der Waals surface area contributed by atoms with E-state index in [1.54, 1.807) is 12.1 Å². The lowest BCUT2D eigenvalue weighted by Gasteiger charge is -2.08. The summed E-state index contributed by atoms with van der Waals surface area (Å²) < 4.78 is 13.4. The molecule has 0 atom stereocenters. The number of hydrogen-bond acceptors (Lipinski definition) is 1. The maximum Gasteiger partial charge on any atom is 0.255 e. The zero-order valence-electron chi connectivity index (χ0n) is 10.0. The van der Waals surface area contributed by atoms with E-state index < -0.39 is 5.82 Å². The van der Waals surface area contributed by atoms with Gasteiger partial charge in [0.25, 0.3) is 5.91 Å². The van der Waals surface area contributed by atoms with Gasteiger partial charge in [-0.25, -0.2) is 4.39 Å². The summed E-state index contributed by atoms with van der Waals surface area (Å²) in [6.07, 6.45) is 0. The fourth-order valence-corrected chi connectivity index (χ4v) is 2.11. The number of nitrogens with one attached hydrogen (secondary N) is 1. The molecule has 0 aliphatic heterocycles. The van der Waals surface area contributed by atoms with Crippen molar-refractivity contribution < 1.29 is 9.18 Å². The number of halogens is 3. The minimum absolute atomic E-state index is 0.246. The van der Waals surface area contributed by atoms with Crippen LogP contribution in [0, 0.1) is 12.7 Å². The molecule has 1 amide bonds.